The molecule has 0 radical (unpaired) electrons. The van der Waals surface area contributed by atoms with Crippen molar-refractivity contribution in [2.45, 2.75) is 20.0 Å². The Kier molecular flexibility index (Phi) is 6.01. The first-order valence-corrected chi connectivity index (χ1v) is 9.24. The van der Waals surface area contributed by atoms with Gasteiger partial charge in [-0.15, -0.1) is 0 Å². The van der Waals surface area contributed by atoms with Crippen LogP contribution in [0.3, 0.4) is 0 Å². The second-order valence-electron chi connectivity index (χ2n) is 6.59. The zero-order chi connectivity index (χ0) is 22.9. The molecule has 0 bridgehead atoms. The fourth-order valence-corrected chi connectivity index (χ4v) is 3.26. The number of alkyl halides is 3. The van der Waals surface area contributed by atoms with Crippen molar-refractivity contribution in [3.05, 3.63) is 29.8 Å². The summed E-state index contributed by atoms with van der Waals surface area (Å²) in [4.78, 5) is 16.9. The van der Waals surface area contributed by atoms with Crippen LogP contribution in [-0.4, -0.2) is 44.9 Å². The molecule has 0 atom stereocenters. The van der Waals surface area contributed by atoms with Gasteiger partial charge in [-0.2, -0.15) is 13.2 Å². The fraction of sp³-hybridized carbons (Fsp3) is 0.333. The Morgan fingerprint density at radius 1 is 1.06 bits per heavy atom. The molecule has 1 heterocycles. The van der Waals surface area contributed by atoms with Crippen LogP contribution in [-0.2, 0) is 4.79 Å². The molecule has 1 amide bonds. The number of methoxy groups -OCH3 is 3. The van der Waals surface area contributed by atoms with Gasteiger partial charge in [0, 0.05) is 17.8 Å². The average Bonchev–Trinajstić information content (AvgIpc) is 3.17. The number of nitrogens with zero attached hydrogens (tertiary/aromatic N) is 2. The van der Waals surface area contributed by atoms with Crippen LogP contribution in [0.4, 0.5) is 18.9 Å². The minimum Gasteiger partial charge on any atom is -0.493 e. The summed E-state index contributed by atoms with van der Waals surface area (Å²) >= 11 is 0. The van der Waals surface area contributed by atoms with E-state index in [0.717, 1.165) is 0 Å². The molecular formula is C21H21F3N2O5. The SMILES string of the molecule is CCN(C(=O)C(F)(F)F)c1cc(C)c2oc(-c3cc(OC)c(OC)c(OC)c3)nc2c1. The van der Waals surface area contributed by atoms with Crippen LogP contribution in [0.15, 0.2) is 28.7 Å². The zero-order valence-electron chi connectivity index (χ0n) is 17.6. The second-order valence-corrected chi connectivity index (χ2v) is 6.59. The summed E-state index contributed by atoms with van der Waals surface area (Å²) in [6, 6.07) is 6.14. The van der Waals surface area contributed by atoms with Crippen molar-refractivity contribution < 1.29 is 36.6 Å². The van der Waals surface area contributed by atoms with E-state index in [-0.39, 0.29) is 18.1 Å². The van der Waals surface area contributed by atoms with E-state index in [2.05, 4.69) is 4.98 Å². The molecule has 0 saturated heterocycles. The number of hydrogen-bond donors (Lipinski definition) is 0. The highest BCUT2D eigenvalue weighted by Crippen LogP contribution is 2.42. The molecule has 0 spiro atoms. The Morgan fingerprint density at radius 2 is 1.68 bits per heavy atom. The molecule has 0 aliphatic carbocycles. The van der Waals surface area contributed by atoms with Gasteiger partial charge < -0.3 is 23.5 Å². The lowest BCUT2D eigenvalue weighted by atomic mass is 10.1. The number of halogens is 3. The van der Waals surface area contributed by atoms with Crippen molar-refractivity contribution in [2.24, 2.45) is 0 Å². The summed E-state index contributed by atoms with van der Waals surface area (Å²) < 4.78 is 60.7. The Balaban J connectivity index is 2.12. The number of amides is 1. The maximum absolute atomic E-state index is 13.0. The molecule has 0 unspecified atom stereocenters. The highest BCUT2D eigenvalue weighted by atomic mass is 19.4. The first-order valence-electron chi connectivity index (χ1n) is 9.24. The summed E-state index contributed by atoms with van der Waals surface area (Å²) in [5, 5.41) is 0. The van der Waals surface area contributed by atoms with Crippen LogP contribution in [0.1, 0.15) is 12.5 Å². The van der Waals surface area contributed by atoms with Crippen LogP contribution in [0.25, 0.3) is 22.6 Å². The molecule has 0 fully saturated rings. The molecular weight excluding hydrogens is 417 g/mol. The number of hydrogen-bond acceptors (Lipinski definition) is 6. The first-order chi connectivity index (χ1) is 14.6. The van der Waals surface area contributed by atoms with Crippen molar-refractivity contribution in [1.29, 1.82) is 0 Å². The highest BCUT2D eigenvalue weighted by Gasteiger charge is 2.42. The molecule has 166 valence electrons. The van der Waals surface area contributed by atoms with Gasteiger partial charge in [-0.25, -0.2) is 4.98 Å². The smallest absolute Gasteiger partial charge is 0.471 e. The van der Waals surface area contributed by atoms with E-state index in [1.165, 1.54) is 40.4 Å². The van der Waals surface area contributed by atoms with Gasteiger partial charge in [0.25, 0.3) is 0 Å². The highest BCUT2D eigenvalue weighted by molar-refractivity contribution is 5.99. The van der Waals surface area contributed by atoms with E-state index >= 15 is 0 Å². The third-order valence-corrected chi connectivity index (χ3v) is 4.69. The Hall–Kier alpha value is -3.43. The molecule has 1 aromatic heterocycles. The summed E-state index contributed by atoms with van der Waals surface area (Å²) in [6.45, 7) is 2.98. The Bertz CT molecular complexity index is 1100. The molecule has 31 heavy (non-hydrogen) atoms. The molecule has 0 N–H and O–H groups in total. The molecule has 10 heteroatoms. The molecule has 7 nitrogen and oxygen atoms in total. The third-order valence-electron chi connectivity index (χ3n) is 4.69. The van der Waals surface area contributed by atoms with Gasteiger partial charge in [-0.3, -0.25) is 4.79 Å². The van der Waals surface area contributed by atoms with Gasteiger partial charge in [0.05, 0.1) is 21.3 Å². The molecule has 2 aromatic carbocycles. The van der Waals surface area contributed by atoms with E-state index in [0.29, 0.717) is 44.4 Å². The number of aryl methyl sites for hydroxylation is 1. The van der Waals surface area contributed by atoms with E-state index < -0.39 is 12.1 Å². The van der Waals surface area contributed by atoms with Gasteiger partial charge in [-0.05, 0) is 43.7 Å². The number of benzene rings is 2. The monoisotopic (exact) mass is 438 g/mol. The number of carbonyl (C=O) groups is 1. The maximum atomic E-state index is 13.0. The number of ether oxygens (including phenoxy) is 3. The van der Waals surface area contributed by atoms with Gasteiger partial charge >= 0.3 is 12.1 Å². The lowest BCUT2D eigenvalue weighted by Crippen LogP contribution is -2.41. The zero-order valence-corrected chi connectivity index (χ0v) is 17.6. The summed E-state index contributed by atoms with van der Waals surface area (Å²) in [7, 11) is 4.42. The Labute approximate surface area is 176 Å². The molecule has 0 saturated carbocycles. The fourth-order valence-electron chi connectivity index (χ4n) is 3.26. The molecule has 0 aliphatic heterocycles. The average molecular weight is 438 g/mol. The van der Waals surface area contributed by atoms with Gasteiger partial charge in [-0.1, -0.05) is 0 Å². The van der Waals surface area contributed by atoms with Crippen molar-refractivity contribution in [2.75, 3.05) is 32.8 Å². The number of oxazole rings is 1. The minimum atomic E-state index is -4.98. The number of carbonyl (C=O) groups excluding carboxylic acids is 1. The number of rotatable bonds is 6. The molecule has 3 rings (SSSR count). The van der Waals surface area contributed by atoms with E-state index in [1.807, 2.05) is 0 Å². The van der Waals surface area contributed by atoms with Crippen molar-refractivity contribution in [1.82, 2.24) is 4.98 Å². The number of fused-ring (bicyclic) bond motifs is 1. The van der Waals surface area contributed by atoms with Gasteiger partial charge in [0.1, 0.15) is 5.52 Å². The first kappa shape index (κ1) is 22.3. The van der Waals surface area contributed by atoms with Crippen LogP contribution in [0, 0.1) is 6.92 Å². The minimum absolute atomic E-state index is 0.0829. The lowest BCUT2D eigenvalue weighted by Gasteiger charge is -2.22. The third kappa shape index (κ3) is 4.10. The predicted octanol–water partition coefficient (Wildman–Crippen LogP) is 4.74. The largest absolute Gasteiger partial charge is 0.493 e. The second kappa shape index (κ2) is 8.37. The number of anilines is 1. The van der Waals surface area contributed by atoms with Crippen LogP contribution in [0.2, 0.25) is 0 Å². The van der Waals surface area contributed by atoms with Gasteiger partial charge in [0.2, 0.25) is 11.6 Å². The van der Waals surface area contributed by atoms with Crippen LogP contribution < -0.4 is 19.1 Å². The molecule has 3 aromatic rings. The van der Waals surface area contributed by atoms with Crippen molar-refractivity contribution in [3.8, 4) is 28.7 Å². The predicted molar refractivity (Wildman–Crippen MR) is 108 cm³/mol. The van der Waals surface area contributed by atoms with Crippen molar-refractivity contribution in [3.63, 3.8) is 0 Å². The summed E-state index contributed by atoms with van der Waals surface area (Å²) in [5.74, 6) is -0.553. The van der Waals surface area contributed by atoms with Crippen molar-refractivity contribution >= 4 is 22.7 Å². The van der Waals surface area contributed by atoms with E-state index in [4.69, 9.17) is 18.6 Å². The topological polar surface area (TPSA) is 74.0 Å². The normalized spacial score (nSPS) is 11.5. The molecule has 0 aliphatic rings. The van der Waals surface area contributed by atoms with Crippen LogP contribution >= 0.6 is 0 Å². The summed E-state index contributed by atoms with van der Waals surface area (Å²) in [5.41, 5.74) is 1.84. The maximum Gasteiger partial charge on any atom is 0.471 e. The number of aromatic nitrogens is 1. The van der Waals surface area contributed by atoms with E-state index in [9.17, 15) is 18.0 Å². The summed E-state index contributed by atoms with van der Waals surface area (Å²) in [6.07, 6.45) is -4.98. The quantitative estimate of drug-likeness (QED) is 0.553. The standard InChI is InChI=1S/C21H21F3N2O5/c1-6-26(20(27)21(22,23)24)13-7-11(2)17-14(10-13)25-19(31-17)12-8-15(28-3)18(30-5)16(9-12)29-4/h7-10H,6H2,1-5H3. The van der Waals surface area contributed by atoms with E-state index in [1.54, 1.807) is 19.1 Å². The van der Waals surface area contributed by atoms with Gasteiger partial charge in [0.15, 0.2) is 17.1 Å². The lowest BCUT2D eigenvalue weighted by molar-refractivity contribution is -0.170. The van der Waals surface area contributed by atoms with Crippen LogP contribution in [0.5, 0.6) is 17.2 Å². The Morgan fingerprint density at radius 3 is 2.16 bits per heavy atom.